The second kappa shape index (κ2) is 8.03. The Morgan fingerprint density at radius 2 is 1.74 bits per heavy atom. The molecule has 0 bridgehead atoms. The summed E-state index contributed by atoms with van der Waals surface area (Å²) < 4.78 is 1.75. The minimum Gasteiger partial charge on any atom is -0.400 e. The molecule has 3 aromatic rings. The molecule has 1 aliphatic rings. The Balaban J connectivity index is 0.000000614. The van der Waals surface area contributed by atoms with Crippen LogP contribution < -0.4 is 5.56 Å². The number of fused-ring (bicyclic) bond motifs is 4. The minimum absolute atomic E-state index is 0.0540. The third-order valence-electron chi connectivity index (χ3n) is 4.57. The maximum Gasteiger partial charge on any atom is 0.254 e. The van der Waals surface area contributed by atoms with E-state index in [9.17, 15) is 9.90 Å². The van der Waals surface area contributed by atoms with Crippen LogP contribution in [0.2, 0.25) is 0 Å². The highest BCUT2D eigenvalue weighted by molar-refractivity contribution is 5.84. The van der Waals surface area contributed by atoms with E-state index in [1.807, 2.05) is 44.2 Å². The lowest BCUT2D eigenvalue weighted by molar-refractivity contribution is 0.0776. The first-order valence-corrected chi connectivity index (χ1v) is 9.17. The normalized spacial score (nSPS) is 11.7. The average Bonchev–Trinajstić information content (AvgIpc) is 3.03. The molecule has 0 saturated carbocycles. The van der Waals surface area contributed by atoms with Gasteiger partial charge in [0.2, 0.25) is 0 Å². The second-order valence-corrected chi connectivity index (χ2v) is 6.71. The van der Waals surface area contributed by atoms with Crippen LogP contribution in [-0.4, -0.2) is 26.9 Å². The Bertz CT molecular complexity index is 1010. The maximum absolute atomic E-state index is 12.7. The van der Waals surface area contributed by atoms with Crippen molar-refractivity contribution >= 4 is 10.9 Å². The van der Waals surface area contributed by atoms with Gasteiger partial charge >= 0.3 is 0 Å². The monoisotopic (exact) mass is 368 g/mol. The molecule has 0 saturated heterocycles. The lowest BCUT2D eigenvalue weighted by atomic mass is 9.94. The van der Waals surface area contributed by atoms with Crippen molar-refractivity contribution in [3.63, 3.8) is 0 Å². The highest BCUT2D eigenvalue weighted by atomic mass is 16.3. The summed E-state index contributed by atoms with van der Waals surface area (Å²) in [6.07, 6.45) is 0. The molecule has 5 heteroatoms. The van der Waals surface area contributed by atoms with Gasteiger partial charge in [-0.05, 0) is 44.5 Å². The number of aromatic nitrogens is 2. The Hall–Kier alpha value is -2.50. The molecule has 0 fully saturated rings. The third kappa shape index (κ3) is 3.66. The number of nitrogens with zero attached hydrogens (tertiary/aromatic N) is 2. The molecule has 144 valence electrons. The van der Waals surface area contributed by atoms with Crippen molar-refractivity contribution in [1.29, 1.82) is 0 Å². The van der Waals surface area contributed by atoms with Crippen LogP contribution in [0.5, 0.6) is 0 Å². The van der Waals surface area contributed by atoms with Gasteiger partial charge in [0.25, 0.3) is 5.56 Å². The summed E-state index contributed by atoms with van der Waals surface area (Å²) >= 11 is 0. The van der Waals surface area contributed by atoms with Gasteiger partial charge in [-0.25, -0.2) is 4.98 Å². The van der Waals surface area contributed by atoms with E-state index >= 15 is 0 Å². The molecule has 1 aliphatic heterocycles. The van der Waals surface area contributed by atoms with E-state index in [1.165, 1.54) is 0 Å². The van der Waals surface area contributed by atoms with Crippen molar-refractivity contribution in [3.8, 4) is 11.4 Å². The number of aliphatic hydroxyl groups excluding tert-OH is 1. The lowest BCUT2D eigenvalue weighted by Crippen LogP contribution is -2.28. The highest BCUT2D eigenvalue weighted by Crippen LogP contribution is 2.34. The quantitative estimate of drug-likeness (QED) is 0.538. The van der Waals surface area contributed by atoms with Gasteiger partial charge in [0, 0.05) is 23.6 Å². The Morgan fingerprint density at radius 1 is 1.11 bits per heavy atom. The molecule has 5 nitrogen and oxygen atoms in total. The zero-order valence-electron chi connectivity index (χ0n) is 16.9. The summed E-state index contributed by atoms with van der Waals surface area (Å²) in [6.45, 7) is 9.72. The van der Waals surface area contributed by atoms with E-state index in [0.29, 0.717) is 17.7 Å². The zero-order valence-corrected chi connectivity index (χ0v) is 16.9. The van der Waals surface area contributed by atoms with Crippen molar-refractivity contribution in [3.05, 3.63) is 63.4 Å². The maximum atomic E-state index is 12.7. The number of pyridine rings is 2. The van der Waals surface area contributed by atoms with E-state index in [2.05, 4.69) is 6.07 Å². The number of hydrogen-bond acceptors (Lipinski definition) is 4. The molecular formula is C22H28N2O3. The van der Waals surface area contributed by atoms with E-state index in [1.54, 1.807) is 25.3 Å². The Labute approximate surface area is 159 Å². The largest absolute Gasteiger partial charge is 0.400 e. The van der Waals surface area contributed by atoms with E-state index in [4.69, 9.17) is 10.1 Å². The van der Waals surface area contributed by atoms with E-state index in [-0.39, 0.29) is 5.56 Å². The fourth-order valence-corrected chi connectivity index (χ4v) is 3.41. The topological polar surface area (TPSA) is 75.3 Å². The summed E-state index contributed by atoms with van der Waals surface area (Å²) in [6, 6.07) is 12.0. The van der Waals surface area contributed by atoms with Crippen LogP contribution in [0.3, 0.4) is 0 Å². The van der Waals surface area contributed by atoms with E-state index < -0.39 is 5.60 Å². The zero-order chi connectivity index (χ0) is 20.4. The van der Waals surface area contributed by atoms with Gasteiger partial charge < -0.3 is 14.8 Å². The van der Waals surface area contributed by atoms with Crippen LogP contribution in [-0.2, 0) is 12.1 Å². The lowest BCUT2D eigenvalue weighted by Gasteiger charge is -2.21. The number of aliphatic hydroxyl groups is 2. The van der Waals surface area contributed by atoms with Crippen LogP contribution in [0.4, 0.5) is 0 Å². The molecule has 0 unspecified atom stereocenters. The number of rotatable bonds is 1. The summed E-state index contributed by atoms with van der Waals surface area (Å²) in [7, 11) is 1.00. The van der Waals surface area contributed by atoms with Crippen LogP contribution in [0.25, 0.3) is 22.3 Å². The molecule has 2 N–H and O–H groups in total. The summed E-state index contributed by atoms with van der Waals surface area (Å²) in [5.41, 5.74) is 3.74. The standard InChI is InChI=1S/C19H18N2O2.C2H6.CH4O/c1-11-14(19(2,3)23)9-16-17-13(10-21(16)18(11)22)8-12-6-4-5-7-15(12)20-17;2*1-2/h4-9,23H,10H2,1-3H3;1-2H3;2H,1H3. The van der Waals surface area contributed by atoms with Gasteiger partial charge in [-0.1, -0.05) is 32.0 Å². The van der Waals surface area contributed by atoms with Gasteiger partial charge in [-0.2, -0.15) is 0 Å². The molecule has 2 aromatic heterocycles. The SMILES string of the molecule is CC.CO.Cc1c(C(C)(C)O)cc2n(c1=O)Cc1cc3ccccc3nc1-2. The van der Waals surface area contributed by atoms with Crippen molar-refractivity contribution in [2.75, 3.05) is 7.11 Å². The molecule has 0 radical (unpaired) electrons. The molecular weight excluding hydrogens is 340 g/mol. The summed E-state index contributed by atoms with van der Waals surface area (Å²) in [4.78, 5) is 17.5. The number of hydrogen-bond donors (Lipinski definition) is 2. The minimum atomic E-state index is -1.06. The fourth-order valence-electron chi connectivity index (χ4n) is 3.41. The van der Waals surface area contributed by atoms with Crippen molar-refractivity contribution in [2.45, 2.75) is 46.8 Å². The Kier molecular flexibility index (Phi) is 6.19. The van der Waals surface area contributed by atoms with Crippen molar-refractivity contribution in [2.24, 2.45) is 0 Å². The molecule has 0 spiro atoms. The predicted octanol–water partition coefficient (Wildman–Crippen LogP) is 3.60. The third-order valence-corrected chi connectivity index (χ3v) is 4.57. The van der Waals surface area contributed by atoms with Crippen LogP contribution >= 0.6 is 0 Å². The van der Waals surface area contributed by atoms with Gasteiger partial charge in [0.05, 0.1) is 29.1 Å². The van der Waals surface area contributed by atoms with Crippen LogP contribution in [0, 0.1) is 6.92 Å². The smallest absolute Gasteiger partial charge is 0.254 e. The highest BCUT2D eigenvalue weighted by Gasteiger charge is 2.28. The Morgan fingerprint density at radius 3 is 2.37 bits per heavy atom. The summed E-state index contributed by atoms with van der Waals surface area (Å²) in [5, 5.41) is 18.5. The number of para-hydroxylation sites is 1. The van der Waals surface area contributed by atoms with Gasteiger partial charge in [-0.3, -0.25) is 4.79 Å². The van der Waals surface area contributed by atoms with Gasteiger partial charge in [-0.15, -0.1) is 0 Å². The predicted molar refractivity (Wildman–Crippen MR) is 110 cm³/mol. The molecule has 27 heavy (non-hydrogen) atoms. The first kappa shape index (κ1) is 20.8. The molecule has 1 aromatic carbocycles. The van der Waals surface area contributed by atoms with Gasteiger partial charge in [0.1, 0.15) is 0 Å². The van der Waals surface area contributed by atoms with Gasteiger partial charge in [0.15, 0.2) is 0 Å². The molecule has 0 aliphatic carbocycles. The first-order valence-electron chi connectivity index (χ1n) is 9.17. The second-order valence-electron chi connectivity index (χ2n) is 6.71. The molecule has 4 rings (SSSR count). The van der Waals surface area contributed by atoms with Crippen LogP contribution in [0.1, 0.15) is 44.4 Å². The fraction of sp³-hybridized carbons (Fsp3) is 0.364. The van der Waals surface area contributed by atoms with Crippen molar-refractivity contribution in [1.82, 2.24) is 9.55 Å². The van der Waals surface area contributed by atoms with E-state index in [0.717, 1.165) is 35.0 Å². The van der Waals surface area contributed by atoms with Crippen molar-refractivity contribution < 1.29 is 10.2 Å². The molecule has 0 amide bonds. The van der Waals surface area contributed by atoms with Crippen LogP contribution in [0.15, 0.2) is 41.2 Å². The molecule has 0 atom stereocenters. The average molecular weight is 368 g/mol. The summed E-state index contributed by atoms with van der Waals surface area (Å²) in [5.74, 6) is 0. The first-order chi connectivity index (χ1) is 12.9. The number of benzene rings is 1. The molecule has 3 heterocycles.